The Balaban J connectivity index is 2.00. The number of benzene rings is 1. The predicted molar refractivity (Wildman–Crippen MR) is 97.6 cm³/mol. The molecule has 0 N–H and O–H groups in total. The van der Waals surface area contributed by atoms with Crippen molar-refractivity contribution >= 4 is 33.0 Å². The van der Waals surface area contributed by atoms with Gasteiger partial charge in [-0.3, -0.25) is 9.59 Å². The zero-order valence-electron chi connectivity index (χ0n) is 13.8. The van der Waals surface area contributed by atoms with Crippen molar-refractivity contribution in [1.29, 1.82) is 0 Å². The predicted octanol–water partition coefficient (Wildman–Crippen LogP) is 3.20. The third-order valence-corrected chi connectivity index (χ3v) is 3.55. The summed E-state index contributed by atoms with van der Waals surface area (Å²) in [5.41, 5.74) is 1.72. The third kappa shape index (κ3) is 9.16. The Morgan fingerprint density at radius 2 is 1.62 bits per heavy atom. The van der Waals surface area contributed by atoms with E-state index >= 15 is 0 Å². The van der Waals surface area contributed by atoms with Gasteiger partial charge >= 0.3 is 0 Å². The van der Waals surface area contributed by atoms with Gasteiger partial charge in [0, 0.05) is 5.56 Å². The molecule has 6 nitrogen and oxygen atoms in total. The van der Waals surface area contributed by atoms with Crippen molar-refractivity contribution in [2.45, 2.75) is 32.6 Å². The monoisotopic (exact) mass is 350 g/mol. The molecule has 0 saturated carbocycles. The van der Waals surface area contributed by atoms with Gasteiger partial charge in [-0.15, -0.1) is 0 Å². The molecule has 1 atom stereocenters. The highest BCUT2D eigenvalue weighted by atomic mass is 31.0. The summed E-state index contributed by atoms with van der Waals surface area (Å²) in [6, 6.07) is 7.09. The SMILES string of the molecule is C/C(=N\OCCCCCCO/N=C\c1ccc(C=O)cc1)C(=O)P. The van der Waals surface area contributed by atoms with E-state index < -0.39 is 0 Å². The average Bonchev–Trinajstić information content (AvgIpc) is 2.59. The van der Waals surface area contributed by atoms with Crippen LogP contribution < -0.4 is 0 Å². The van der Waals surface area contributed by atoms with Crippen molar-refractivity contribution in [2.24, 2.45) is 10.3 Å². The minimum Gasteiger partial charge on any atom is -0.396 e. The lowest BCUT2D eigenvalue weighted by Gasteiger charge is -2.01. The van der Waals surface area contributed by atoms with Gasteiger partial charge in [0.1, 0.15) is 25.2 Å². The van der Waals surface area contributed by atoms with Crippen molar-refractivity contribution in [3.05, 3.63) is 35.4 Å². The fourth-order valence-electron chi connectivity index (χ4n) is 1.69. The number of hydrogen-bond donors (Lipinski definition) is 0. The summed E-state index contributed by atoms with van der Waals surface area (Å²) in [7, 11) is 2.06. The van der Waals surface area contributed by atoms with Crippen LogP contribution in [0.5, 0.6) is 0 Å². The zero-order valence-corrected chi connectivity index (χ0v) is 15.0. The summed E-state index contributed by atoms with van der Waals surface area (Å²) in [5.74, 6) is 0. The lowest BCUT2D eigenvalue weighted by atomic mass is 10.2. The van der Waals surface area contributed by atoms with Crippen LogP contribution in [0.2, 0.25) is 0 Å². The van der Waals surface area contributed by atoms with Crippen molar-refractivity contribution in [3.63, 3.8) is 0 Å². The van der Waals surface area contributed by atoms with Crippen LogP contribution in [0.3, 0.4) is 0 Å². The lowest BCUT2D eigenvalue weighted by molar-refractivity contribution is -0.105. The van der Waals surface area contributed by atoms with E-state index in [2.05, 4.69) is 19.6 Å². The topological polar surface area (TPSA) is 77.3 Å². The molecule has 0 amide bonds. The fourth-order valence-corrected chi connectivity index (χ4v) is 1.74. The van der Waals surface area contributed by atoms with Gasteiger partial charge in [-0.1, -0.05) is 43.8 Å². The Hall–Kier alpha value is -2.07. The number of hydrogen-bond acceptors (Lipinski definition) is 6. The largest absolute Gasteiger partial charge is 0.396 e. The second kappa shape index (κ2) is 12.4. The van der Waals surface area contributed by atoms with Gasteiger partial charge in [0.05, 0.1) is 6.21 Å². The molecule has 0 spiro atoms. The highest BCUT2D eigenvalue weighted by Crippen LogP contribution is 2.02. The second-order valence-electron chi connectivity index (χ2n) is 5.14. The Labute approximate surface area is 144 Å². The van der Waals surface area contributed by atoms with Crippen LogP contribution >= 0.6 is 9.24 Å². The summed E-state index contributed by atoms with van der Waals surface area (Å²) in [6.45, 7) is 2.68. The van der Waals surface area contributed by atoms with Crippen molar-refractivity contribution in [3.8, 4) is 0 Å². The van der Waals surface area contributed by atoms with Gasteiger partial charge < -0.3 is 9.68 Å². The molecule has 0 aliphatic carbocycles. The van der Waals surface area contributed by atoms with E-state index in [-0.39, 0.29) is 5.52 Å². The van der Waals surface area contributed by atoms with Crippen LogP contribution in [-0.2, 0) is 14.5 Å². The minimum absolute atomic E-state index is 0.160. The van der Waals surface area contributed by atoms with Crippen molar-refractivity contribution in [1.82, 2.24) is 0 Å². The summed E-state index contributed by atoms with van der Waals surface area (Å²) < 4.78 is 0. The number of unbranched alkanes of at least 4 members (excludes halogenated alkanes) is 3. The van der Waals surface area contributed by atoms with Crippen LogP contribution in [0.1, 0.15) is 48.5 Å². The molecule has 0 heterocycles. The van der Waals surface area contributed by atoms with Crippen LogP contribution in [0.4, 0.5) is 0 Å². The Morgan fingerprint density at radius 1 is 1.04 bits per heavy atom. The van der Waals surface area contributed by atoms with Gasteiger partial charge in [0.15, 0.2) is 5.52 Å². The number of oxime groups is 2. The average molecular weight is 350 g/mol. The van der Waals surface area contributed by atoms with Gasteiger partial charge in [-0.25, -0.2) is 0 Å². The molecule has 130 valence electrons. The second-order valence-corrected chi connectivity index (χ2v) is 5.67. The molecule has 24 heavy (non-hydrogen) atoms. The van der Waals surface area contributed by atoms with E-state index in [9.17, 15) is 9.59 Å². The van der Waals surface area contributed by atoms with Crippen LogP contribution in [-0.4, -0.2) is 37.0 Å². The number of carbonyl (C=O) groups excluding carboxylic acids is 2. The maximum Gasteiger partial charge on any atom is 0.195 e. The molecule has 0 fully saturated rings. The molecule has 1 aromatic rings. The first-order valence-corrected chi connectivity index (χ1v) is 8.38. The van der Waals surface area contributed by atoms with Crippen LogP contribution in [0, 0.1) is 0 Å². The highest BCUT2D eigenvalue weighted by molar-refractivity contribution is 7.45. The number of carbonyl (C=O) groups is 2. The normalized spacial score (nSPS) is 11.5. The summed E-state index contributed by atoms with van der Waals surface area (Å²) in [5, 5.41) is 7.60. The van der Waals surface area contributed by atoms with E-state index in [0.29, 0.717) is 24.5 Å². The standard InChI is InChI=1S/C17H23N2O4P/c1-14(17(21)24)19-23-11-5-3-2-4-10-22-18-12-15-6-8-16(13-20)9-7-15/h6-9,12-13H,2-5,10-11,24H2,1H3/b18-12-,19-14+. The van der Waals surface area contributed by atoms with Crippen molar-refractivity contribution < 1.29 is 19.3 Å². The quantitative estimate of drug-likeness (QED) is 0.191. The minimum atomic E-state index is -0.160. The Kier molecular flexibility index (Phi) is 10.3. The first-order chi connectivity index (χ1) is 11.6. The van der Waals surface area contributed by atoms with E-state index in [1.807, 2.05) is 12.1 Å². The molecule has 1 aromatic carbocycles. The molecular formula is C17H23N2O4P. The molecule has 7 heteroatoms. The highest BCUT2D eigenvalue weighted by Gasteiger charge is 1.98. The molecule has 1 unspecified atom stereocenters. The Bertz CT molecular complexity index is 570. The first-order valence-electron chi connectivity index (χ1n) is 7.80. The van der Waals surface area contributed by atoms with Gasteiger partial charge in [-0.05, 0) is 38.2 Å². The molecule has 0 aromatic heterocycles. The third-order valence-electron chi connectivity index (χ3n) is 3.13. The van der Waals surface area contributed by atoms with Crippen LogP contribution in [0.25, 0.3) is 0 Å². The molecule has 0 aliphatic heterocycles. The Morgan fingerprint density at radius 3 is 2.21 bits per heavy atom. The molecule has 0 bridgehead atoms. The number of nitrogens with zero attached hydrogens (tertiary/aromatic N) is 2. The smallest absolute Gasteiger partial charge is 0.195 e. The van der Waals surface area contributed by atoms with Crippen molar-refractivity contribution in [2.75, 3.05) is 13.2 Å². The first kappa shape index (κ1) is 20.0. The molecule has 0 aliphatic rings. The summed E-state index contributed by atoms with van der Waals surface area (Å²) in [4.78, 5) is 31.6. The lowest BCUT2D eigenvalue weighted by Crippen LogP contribution is -2.02. The molecule has 0 saturated heterocycles. The fraction of sp³-hybridized carbons (Fsp3) is 0.412. The zero-order chi connectivity index (χ0) is 17.6. The maximum atomic E-state index is 10.9. The molecular weight excluding hydrogens is 327 g/mol. The summed E-state index contributed by atoms with van der Waals surface area (Å²) in [6.07, 6.45) is 6.23. The van der Waals surface area contributed by atoms with Gasteiger partial charge in [0.2, 0.25) is 0 Å². The van der Waals surface area contributed by atoms with E-state index in [1.54, 1.807) is 25.3 Å². The molecule has 1 rings (SSSR count). The maximum absolute atomic E-state index is 10.9. The van der Waals surface area contributed by atoms with E-state index in [4.69, 9.17) is 9.68 Å². The van der Waals surface area contributed by atoms with Gasteiger partial charge in [0.25, 0.3) is 0 Å². The summed E-state index contributed by atoms with van der Waals surface area (Å²) >= 11 is 0. The number of rotatable bonds is 12. The van der Waals surface area contributed by atoms with Crippen LogP contribution in [0.15, 0.2) is 34.6 Å². The van der Waals surface area contributed by atoms with E-state index in [0.717, 1.165) is 37.5 Å². The molecule has 0 radical (unpaired) electrons. The number of aldehydes is 1. The van der Waals surface area contributed by atoms with E-state index in [1.165, 1.54) is 0 Å². The van der Waals surface area contributed by atoms with Gasteiger partial charge in [-0.2, -0.15) is 0 Å².